The van der Waals surface area contributed by atoms with Gasteiger partial charge >= 0.3 is 5.97 Å². The van der Waals surface area contributed by atoms with E-state index in [0.717, 1.165) is 5.56 Å². The number of aliphatic carboxylic acids is 1. The fourth-order valence-electron chi connectivity index (χ4n) is 2.31. The Bertz CT molecular complexity index is 561. The van der Waals surface area contributed by atoms with Gasteiger partial charge in [-0.3, -0.25) is 9.59 Å². The molecule has 0 aliphatic carbocycles. The molecule has 0 fully saturated rings. The lowest BCUT2D eigenvalue weighted by molar-refractivity contribution is -0.142. The SMILES string of the molecule is COc1cc(CCC(=O)N(C)CC(C)C(=O)O)cc(OC)c1OC. The number of carboxylic acid groups (broad SMARTS) is 1. The third-order valence-corrected chi connectivity index (χ3v) is 3.75. The molecule has 0 bridgehead atoms. The van der Waals surface area contributed by atoms with Gasteiger partial charge in [0.2, 0.25) is 11.7 Å². The van der Waals surface area contributed by atoms with Crippen LogP contribution in [0.15, 0.2) is 12.1 Å². The first-order chi connectivity index (χ1) is 11.3. The number of rotatable bonds is 9. The van der Waals surface area contributed by atoms with Gasteiger partial charge in [0, 0.05) is 20.0 Å². The number of amides is 1. The van der Waals surface area contributed by atoms with Gasteiger partial charge in [-0.1, -0.05) is 6.92 Å². The Hall–Kier alpha value is -2.44. The standard InChI is InChI=1S/C17H25NO6/c1-11(17(20)21)10-18(2)15(19)7-6-12-8-13(22-3)16(24-5)14(9-12)23-4/h8-9,11H,6-7,10H2,1-5H3,(H,20,21). The minimum absolute atomic E-state index is 0.114. The van der Waals surface area contributed by atoms with Gasteiger partial charge in [0.05, 0.1) is 27.2 Å². The summed E-state index contributed by atoms with van der Waals surface area (Å²) in [5.41, 5.74) is 0.873. The number of carboxylic acids is 1. The first kappa shape index (κ1) is 19.6. The number of hydrogen-bond acceptors (Lipinski definition) is 5. The van der Waals surface area contributed by atoms with Gasteiger partial charge in [-0.15, -0.1) is 0 Å². The number of benzene rings is 1. The van der Waals surface area contributed by atoms with Gasteiger partial charge in [0.25, 0.3) is 0 Å². The van der Waals surface area contributed by atoms with Gasteiger partial charge in [-0.2, -0.15) is 0 Å². The summed E-state index contributed by atoms with van der Waals surface area (Å²) < 4.78 is 15.8. The lowest BCUT2D eigenvalue weighted by Gasteiger charge is -2.19. The molecule has 1 N–H and O–H groups in total. The Morgan fingerprint density at radius 3 is 2.08 bits per heavy atom. The fourth-order valence-corrected chi connectivity index (χ4v) is 2.31. The van der Waals surface area contributed by atoms with Crippen LogP contribution in [-0.4, -0.2) is 56.8 Å². The van der Waals surface area contributed by atoms with Crippen LogP contribution < -0.4 is 14.2 Å². The van der Waals surface area contributed by atoms with Crippen molar-refractivity contribution in [3.63, 3.8) is 0 Å². The molecule has 134 valence electrons. The van der Waals surface area contributed by atoms with E-state index in [0.29, 0.717) is 23.7 Å². The number of aryl methyl sites for hydroxylation is 1. The molecule has 7 heteroatoms. The summed E-state index contributed by atoms with van der Waals surface area (Å²) in [7, 11) is 6.21. The summed E-state index contributed by atoms with van der Waals surface area (Å²) in [5.74, 6) is -0.0574. The van der Waals surface area contributed by atoms with E-state index >= 15 is 0 Å². The Morgan fingerprint density at radius 2 is 1.67 bits per heavy atom. The fraction of sp³-hybridized carbons (Fsp3) is 0.529. The van der Waals surface area contributed by atoms with Crippen molar-refractivity contribution in [1.82, 2.24) is 4.90 Å². The molecule has 0 aliphatic rings. The minimum atomic E-state index is -0.917. The second-order valence-electron chi connectivity index (χ2n) is 5.55. The van der Waals surface area contributed by atoms with E-state index in [1.165, 1.54) is 26.2 Å². The smallest absolute Gasteiger partial charge is 0.308 e. The first-order valence-corrected chi connectivity index (χ1v) is 7.59. The van der Waals surface area contributed by atoms with Crippen molar-refractivity contribution in [3.05, 3.63) is 17.7 Å². The third kappa shape index (κ3) is 5.04. The maximum atomic E-state index is 12.2. The van der Waals surface area contributed by atoms with Crippen LogP contribution in [0.3, 0.4) is 0 Å². The molecular formula is C17H25NO6. The predicted octanol–water partition coefficient (Wildman–Crippen LogP) is 1.82. The molecule has 1 amide bonds. The van der Waals surface area contributed by atoms with Crippen LogP contribution >= 0.6 is 0 Å². The van der Waals surface area contributed by atoms with Gasteiger partial charge in [-0.05, 0) is 24.1 Å². The Kier molecular flexibility index (Phi) is 7.35. The van der Waals surface area contributed by atoms with Crippen molar-refractivity contribution in [2.75, 3.05) is 34.9 Å². The molecule has 0 heterocycles. The van der Waals surface area contributed by atoms with E-state index in [1.807, 2.05) is 0 Å². The molecule has 0 spiro atoms. The largest absolute Gasteiger partial charge is 0.493 e. The van der Waals surface area contributed by atoms with Crippen molar-refractivity contribution in [2.45, 2.75) is 19.8 Å². The van der Waals surface area contributed by atoms with Crippen LogP contribution in [0.1, 0.15) is 18.9 Å². The van der Waals surface area contributed by atoms with Gasteiger partial charge in [-0.25, -0.2) is 0 Å². The molecule has 1 aromatic rings. The highest BCUT2D eigenvalue weighted by Gasteiger charge is 2.18. The highest BCUT2D eigenvalue weighted by Crippen LogP contribution is 2.38. The number of carbonyl (C=O) groups excluding carboxylic acids is 1. The molecule has 0 aromatic heterocycles. The predicted molar refractivity (Wildman–Crippen MR) is 88.9 cm³/mol. The average Bonchev–Trinajstić information content (AvgIpc) is 2.57. The highest BCUT2D eigenvalue weighted by molar-refractivity contribution is 5.77. The lowest BCUT2D eigenvalue weighted by atomic mass is 10.1. The molecule has 24 heavy (non-hydrogen) atoms. The summed E-state index contributed by atoms with van der Waals surface area (Å²) >= 11 is 0. The van der Waals surface area contributed by atoms with Crippen LogP contribution in [0.2, 0.25) is 0 Å². The second kappa shape index (κ2) is 9.00. The quantitative estimate of drug-likeness (QED) is 0.739. The maximum Gasteiger partial charge on any atom is 0.308 e. The summed E-state index contributed by atoms with van der Waals surface area (Å²) in [6, 6.07) is 3.60. The number of methoxy groups -OCH3 is 3. The van der Waals surface area contributed by atoms with E-state index in [1.54, 1.807) is 26.1 Å². The van der Waals surface area contributed by atoms with Gasteiger partial charge in [0.1, 0.15) is 0 Å². The summed E-state index contributed by atoms with van der Waals surface area (Å²) in [5, 5.41) is 8.91. The molecule has 0 radical (unpaired) electrons. The van der Waals surface area contributed by atoms with Crippen molar-refractivity contribution >= 4 is 11.9 Å². The van der Waals surface area contributed by atoms with E-state index < -0.39 is 11.9 Å². The van der Waals surface area contributed by atoms with Crippen molar-refractivity contribution < 1.29 is 28.9 Å². The first-order valence-electron chi connectivity index (χ1n) is 7.59. The van der Waals surface area contributed by atoms with Crippen LogP contribution in [0.5, 0.6) is 17.2 Å². The number of carbonyl (C=O) groups is 2. The zero-order valence-electron chi connectivity index (χ0n) is 14.8. The monoisotopic (exact) mass is 339 g/mol. The molecular weight excluding hydrogens is 314 g/mol. The summed E-state index contributed by atoms with van der Waals surface area (Å²) in [6.45, 7) is 1.76. The molecule has 1 unspecified atom stereocenters. The Morgan fingerprint density at radius 1 is 1.12 bits per heavy atom. The van der Waals surface area contributed by atoms with Crippen molar-refractivity contribution in [1.29, 1.82) is 0 Å². The lowest BCUT2D eigenvalue weighted by Crippen LogP contribution is -2.33. The second-order valence-corrected chi connectivity index (χ2v) is 5.55. The molecule has 1 atom stereocenters. The molecule has 1 rings (SSSR count). The normalized spacial score (nSPS) is 11.5. The number of nitrogens with zero attached hydrogens (tertiary/aromatic N) is 1. The highest BCUT2D eigenvalue weighted by atomic mass is 16.5. The van der Waals surface area contributed by atoms with Gasteiger partial charge in [0.15, 0.2) is 11.5 Å². The zero-order chi connectivity index (χ0) is 18.3. The Labute approximate surface area is 142 Å². The van der Waals surface area contributed by atoms with Crippen molar-refractivity contribution in [2.24, 2.45) is 5.92 Å². The van der Waals surface area contributed by atoms with E-state index in [-0.39, 0.29) is 18.9 Å². The average molecular weight is 339 g/mol. The van der Waals surface area contributed by atoms with Gasteiger partial charge < -0.3 is 24.2 Å². The van der Waals surface area contributed by atoms with E-state index in [9.17, 15) is 9.59 Å². The van der Waals surface area contributed by atoms with Crippen molar-refractivity contribution in [3.8, 4) is 17.2 Å². The zero-order valence-corrected chi connectivity index (χ0v) is 14.8. The molecule has 7 nitrogen and oxygen atoms in total. The van der Waals surface area contributed by atoms with E-state index in [2.05, 4.69) is 0 Å². The number of ether oxygens (including phenoxy) is 3. The molecule has 0 saturated heterocycles. The molecule has 0 aliphatic heterocycles. The minimum Gasteiger partial charge on any atom is -0.493 e. The van der Waals surface area contributed by atoms with Crippen LogP contribution in [0.25, 0.3) is 0 Å². The van der Waals surface area contributed by atoms with Crippen LogP contribution in [0.4, 0.5) is 0 Å². The molecule has 0 saturated carbocycles. The van der Waals surface area contributed by atoms with Crippen LogP contribution in [-0.2, 0) is 16.0 Å². The molecule has 1 aromatic carbocycles. The third-order valence-electron chi connectivity index (χ3n) is 3.75. The Balaban J connectivity index is 2.76. The summed E-state index contributed by atoms with van der Waals surface area (Å²) in [4.78, 5) is 24.5. The maximum absolute atomic E-state index is 12.2. The van der Waals surface area contributed by atoms with Crippen LogP contribution in [0, 0.1) is 5.92 Å². The topological polar surface area (TPSA) is 85.3 Å². The summed E-state index contributed by atoms with van der Waals surface area (Å²) in [6.07, 6.45) is 0.753. The number of hydrogen-bond donors (Lipinski definition) is 1. The van der Waals surface area contributed by atoms with E-state index in [4.69, 9.17) is 19.3 Å².